The average Bonchev–Trinajstić information content (AvgIpc) is 2.97. The van der Waals surface area contributed by atoms with Gasteiger partial charge < -0.3 is 5.32 Å². The van der Waals surface area contributed by atoms with E-state index in [1.807, 2.05) is 11.3 Å². The van der Waals surface area contributed by atoms with Crippen LogP contribution in [0.25, 0.3) is 0 Å². The molecule has 2 fully saturated rings. The summed E-state index contributed by atoms with van der Waals surface area (Å²) >= 11 is 1.92. The van der Waals surface area contributed by atoms with Gasteiger partial charge in [-0.2, -0.15) is 0 Å². The van der Waals surface area contributed by atoms with Crippen LogP contribution < -0.4 is 5.32 Å². The van der Waals surface area contributed by atoms with Crippen molar-refractivity contribution < 1.29 is 0 Å². The first-order chi connectivity index (χ1) is 8.28. The summed E-state index contributed by atoms with van der Waals surface area (Å²) in [5.41, 5.74) is 1.31. The van der Waals surface area contributed by atoms with E-state index in [9.17, 15) is 0 Å². The molecule has 2 aliphatic rings. The number of aryl methyl sites for hydroxylation is 2. The van der Waals surface area contributed by atoms with Crippen LogP contribution in [0.5, 0.6) is 0 Å². The Balaban J connectivity index is 1.79. The molecule has 0 saturated heterocycles. The molecular formula is C14H22N2S. The first-order valence-electron chi connectivity index (χ1n) is 7.00. The van der Waals surface area contributed by atoms with Crippen molar-refractivity contribution in [3.63, 3.8) is 0 Å². The molecule has 2 nitrogen and oxygen atoms in total. The second kappa shape index (κ2) is 4.69. The Labute approximate surface area is 108 Å². The monoisotopic (exact) mass is 250 g/mol. The molecule has 2 aliphatic carbocycles. The van der Waals surface area contributed by atoms with Gasteiger partial charge in [0.25, 0.3) is 0 Å². The fourth-order valence-electron chi connectivity index (χ4n) is 2.60. The smallest absolute Gasteiger partial charge is 0.110 e. The Bertz CT molecular complexity index is 391. The van der Waals surface area contributed by atoms with E-state index in [-0.39, 0.29) is 0 Å². The fraction of sp³-hybridized carbons (Fsp3) is 0.786. The minimum atomic E-state index is 0.556. The molecule has 2 saturated carbocycles. The Morgan fingerprint density at radius 3 is 2.59 bits per heavy atom. The molecule has 1 heterocycles. The third-order valence-electron chi connectivity index (χ3n) is 4.12. The van der Waals surface area contributed by atoms with Gasteiger partial charge in [-0.3, -0.25) is 0 Å². The van der Waals surface area contributed by atoms with Crippen molar-refractivity contribution in [3.05, 3.63) is 15.6 Å². The van der Waals surface area contributed by atoms with Crippen LogP contribution in [0, 0.1) is 12.8 Å². The molecule has 1 atom stereocenters. The summed E-state index contributed by atoms with van der Waals surface area (Å²) in [6.07, 6.45) is 8.01. The molecule has 0 spiro atoms. The van der Waals surface area contributed by atoms with Crippen molar-refractivity contribution in [1.82, 2.24) is 10.3 Å². The maximum atomic E-state index is 4.87. The van der Waals surface area contributed by atoms with E-state index in [2.05, 4.69) is 19.2 Å². The Morgan fingerprint density at radius 1 is 1.35 bits per heavy atom. The van der Waals surface area contributed by atoms with E-state index in [0.29, 0.717) is 6.04 Å². The van der Waals surface area contributed by atoms with Crippen molar-refractivity contribution in [1.29, 1.82) is 0 Å². The molecule has 0 aliphatic heterocycles. The van der Waals surface area contributed by atoms with Gasteiger partial charge in [0.05, 0.1) is 11.7 Å². The van der Waals surface area contributed by atoms with Gasteiger partial charge in [0.15, 0.2) is 0 Å². The first-order valence-corrected chi connectivity index (χ1v) is 7.81. The van der Waals surface area contributed by atoms with E-state index in [4.69, 9.17) is 4.98 Å². The Kier molecular flexibility index (Phi) is 3.22. The van der Waals surface area contributed by atoms with Crippen molar-refractivity contribution in [2.45, 2.75) is 64.5 Å². The van der Waals surface area contributed by atoms with E-state index in [1.54, 1.807) is 0 Å². The molecule has 17 heavy (non-hydrogen) atoms. The second-order valence-electron chi connectivity index (χ2n) is 5.52. The highest BCUT2D eigenvalue weighted by atomic mass is 32.1. The normalized spacial score (nSPS) is 22.5. The van der Waals surface area contributed by atoms with Gasteiger partial charge in [-0.15, -0.1) is 11.3 Å². The molecule has 3 rings (SSSR count). The molecular weight excluding hydrogens is 228 g/mol. The number of nitrogens with one attached hydrogen (secondary N) is 1. The van der Waals surface area contributed by atoms with Gasteiger partial charge in [-0.05, 0) is 44.9 Å². The minimum Gasteiger partial charge on any atom is -0.305 e. The van der Waals surface area contributed by atoms with Crippen molar-refractivity contribution in [3.8, 4) is 0 Å². The van der Waals surface area contributed by atoms with E-state index >= 15 is 0 Å². The molecule has 3 heteroatoms. The summed E-state index contributed by atoms with van der Waals surface area (Å²) in [6.45, 7) is 4.42. The van der Waals surface area contributed by atoms with Gasteiger partial charge in [-0.25, -0.2) is 4.98 Å². The van der Waals surface area contributed by atoms with E-state index < -0.39 is 0 Å². The van der Waals surface area contributed by atoms with Crippen molar-refractivity contribution >= 4 is 11.3 Å². The zero-order valence-corrected chi connectivity index (χ0v) is 11.6. The molecule has 94 valence electrons. The standard InChI is InChI=1S/C14H22N2S/c1-3-12-9(2)17-14(16-12)13(10-5-4-6-10)15-11-7-8-11/h10-11,13,15H,3-8H2,1-2H3. The summed E-state index contributed by atoms with van der Waals surface area (Å²) < 4.78 is 0. The zero-order valence-electron chi connectivity index (χ0n) is 10.8. The summed E-state index contributed by atoms with van der Waals surface area (Å²) in [6, 6.07) is 1.34. The largest absolute Gasteiger partial charge is 0.305 e. The van der Waals surface area contributed by atoms with Crippen LogP contribution in [0.2, 0.25) is 0 Å². The van der Waals surface area contributed by atoms with Gasteiger partial charge in [0, 0.05) is 10.9 Å². The van der Waals surface area contributed by atoms with Crippen LogP contribution in [-0.4, -0.2) is 11.0 Å². The van der Waals surface area contributed by atoms with Crippen molar-refractivity contribution in [2.75, 3.05) is 0 Å². The third kappa shape index (κ3) is 2.41. The maximum Gasteiger partial charge on any atom is 0.110 e. The first kappa shape index (κ1) is 11.7. The predicted molar refractivity (Wildman–Crippen MR) is 72.5 cm³/mol. The molecule has 0 bridgehead atoms. The zero-order chi connectivity index (χ0) is 11.8. The summed E-state index contributed by atoms with van der Waals surface area (Å²) in [7, 11) is 0. The van der Waals surface area contributed by atoms with Gasteiger partial charge in [-0.1, -0.05) is 13.3 Å². The van der Waals surface area contributed by atoms with Crippen LogP contribution in [0.1, 0.15) is 60.6 Å². The lowest BCUT2D eigenvalue weighted by Crippen LogP contribution is -2.33. The highest BCUT2D eigenvalue weighted by Crippen LogP contribution is 2.41. The quantitative estimate of drug-likeness (QED) is 0.863. The number of rotatable bonds is 5. The van der Waals surface area contributed by atoms with Crippen LogP contribution in [0.15, 0.2) is 0 Å². The second-order valence-corrected chi connectivity index (χ2v) is 6.75. The highest BCUT2D eigenvalue weighted by Gasteiger charge is 2.35. The minimum absolute atomic E-state index is 0.556. The van der Waals surface area contributed by atoms with Crippen LogP contribution in [0.3, 0.4) is 0 Å². The maximum absolute atomic E-state index is 4.87. The molecule has 0 aromatic carbocycles. The summed E-state index contributed by atoms with van der Waals surface area (Å²) in [4.78, 5) is 6.29. The molecule has 1 N–H and O–H groups in total. The number of hydrogen-bond acceptors (Lipinski definition) is 3. The Hall–Kier alpha value is -0.410. The topological polar surface area (TPSA) is 24.9 Å². The van der Waals surface area contributed by atoms with Crippen LogP contribution in [-0.2, 0) is 6.42 Å². The lowest BCUT2D eigenvalue weighted by atomic mass is 9.80. The number of hydrogen-bond donors (Lipinski definition) is 1. The number of aromatic nitrogens is 1. The van der Waals surface area contributed by atoms with Crippen LogP contribution >= 0.6 is 11.3 Å². The highest BCUT2D eigenvalue weighted by molar-refractivity contribution is 7.11. The van der Waals surface area contributed by atoms with E-state index in [0.717, 1.165) is 18.4 Å². The number of nitrogens with zero attached hydrogens (tertiary/aromatic N) is 1. The fourth-order valence-corrected chi connectivity index (χ4v) is 3.76. The van der Waals surface area contributed by atoms with E-state index in [1.165, 1.54) is 47.7 Å². The average molecular weight is 250 g/mol. The number of thiazole rings is 1. The SMILES string of the molecule is CCc1nc(C(NC2CC2)C2CCC2)sc1C. The molecule has 1 aromatic heterocycles. The molecule has 0 amide bonds. The van der Waals surface area contributed by atoms with Gasteiger partial charge >= 0.3 is 0 Å². The van der Waals surface area contributed by atoms with Gasteiger partial charge in [0.2, 0.25) is 0 Å². The van der Waals surface area contributed by atoms with Gasteiger partial charge in [0.1, 0.15) is 5.01 Å². The van der Waals surface area contributed by atoms with Crippen LogP contribution in [0.4, 0.5) is 0 Å². The lowest BCUT2D eigenvalue weighted by molar-refractivity contribution is 0.228. The predicted octanol–water partition coefficient (Wildman–Crippen LogP) is 3.61. The van der Waals surface area contributed by atoms with Crippen molar-refractivity contribution in [2.24, 2.45) is 5.92 Å². The summed E-state index contributed by atoms with van der Waals surface area (Å²) in [5.74, 6) is 0.853. The molecule has 0 radical (unpaired) electrons. The molecule has 1 unspecified atom stereocenters. The third-order valence-corrected chi connectivity index (χ3v) is 5.22. The summed E-state index contributed by atoms with van der Waals surface area (Å²) in [5, 5.41) is 5.18. The molecule has 1 aromatic rings. The lowest BCUT2D eigenvalue weighted by Gasteiger charge is -2.33. The Morgan fingerprint density at radius 2 is 2.12 bits per heavy atom.